The van der Waals surface area contributed by atoms with Gasteiger partial charge in [0.2, 0.25) is 5.88 Å². The smallest absolute Gasteiger partial charge is 0.213 e. The topological polar surface area (TPSA) is 57.7 Å². The van der Waals surface area contributed by atoms with Crippen LogP contribution >= 0.6 is 0 Å². The van der Waals surface area contributed by atoms with E-state index in [2.05, 4.69) is 4.98 Å². The first kappa shape index (κ1) is 16.9. The van der Waals surface area contributed by atoms with Crippen LogP contribution in [-0.4, -0.2) is 31.1 Å². The van der Waals surface area contributed by atoms with Crippen molar-refractivity contribution in [3.8, 4) is 28.6 Å². The molecule has 1 aromatic carbocycles. The average Bonchev–Trinajstić information content (AvgIpc) is 3.22. The normalized spacial score (nSPS) is 16.5. The Hall–Kier alpha value is -2.56. The molecule has 0 spiro atoms. The molecule has 1 aliphatic heterocycles. The molecule has 0 bridgehead atoms. The Kier molecular flexibility index (Phi) is 4.78. The van der Waals surface area contributed by atoms with Crippen LogP contribution in [0.3, 0.4) is 0 Å². The second kappa shape index (κ2) is 7.36. The van der Waals surface area contributed by atoms with Crippen LogP contribution in [-0.2, 0) is 11.2 Å². The molecule has 1 aliphatic carbocycles. The van der Waals surface area contributed by atoms with Gasteiger partial charge in [-0.15, -0.1) is 0 Å². The lowest BCUT2D eigenvalue weighted by molar-refractivity contribution is -0.122. The molecule has 0 radical (unpaired) electrons. The zero-order valence-corrected chi connectivity index (χ0v) is 15.0. The molecule has 2 aromatic rings. The molecule has 26 heavy (non-hydrogen) atoms. The van der Waals surface area contributed by atoms with Gasteiger partial charge in [-0.3, -0.25) is 4.79 Å². The summed E-state index contributed by atoms with van der Waals surface area (Å²) in [6.07, 6.45) is 4.78. The summed E-state index contributed by atoms with van der Waals surface area (Å²) in [5.74, 6) is 2.45. The molecule has 0 unspecified atom stereocenters. The SMILES string of the molecule is COc1cc(CC(=O)C2CCCC2)cc(-c2cccc3c2OCCO3)n1. The van der Waals surface area contributed by atoms with Gasteiger partial charge < -0.3 is 14.2 Å². The molecule has 5 heteroatoms. The summed E-state index contributed by atoms with van der Waals surface area (Å²) < 4.78 is 16.9. The number of fused-ring (bicyclic) bond motifs is 1. The maximum atomic E-state index is 12.6. The number of rotatable bonds is 5. The lowest BCUT2D eigenvalue weighted by atomic mass is 9.96. The summed E-state index contributed by atoms with van der Waals surface area (Å²) in [5, 5.41) is 0. The third-order valence-electron chi connectivity index (χ3n) is 5.10. The first-order valence-electron chi connectivity index (χ1n) is 9.21. The van der Waals surface area contributed by atoms with Crippen LogP contribution in [0, 0.1) is 5.92 Å². The first-order valence-corrected chi connectivity index (χ1v) is 9.21. The van der Waals surface area contributed by atoms with Crippen LogP contribution in [0.4, 0.5) is 0 Å². The number of methoxy groups -OCH3 is 1. The minimum absolute atomic E-state index is 0.207. The highest BCUT2D eigenvalue weighted by Gasteiger charge is 2.24. The summed E-state index contributed by atoms with van der Waals surface area (Å²) >= 11 is 0. The fraction of sp³-hybridized carbons (Fsp3) is 0.429. The van der Waals surface area contributed by atoms with E-state index < -0.39 is 0 Å². The molecule has 0 atom stereocenters. The number of benzene rings is 1. The molecule has 1 fully saturated rings. The van der Waals surface area contributed by atoms with Crippen molar-refractivity contribution < 1.29 is 19.0 Å². The standard InChI is InChI=1S/C21H23NO4/c1-24-20-13-14(12-18(23)15-5-2-3-6-15)11-17(22-20)16-7-4-8-19-21(16)26-10-9-25-19/h4,7-8,11,13,15H,2-3,5-6,9-10,12H2,1H3. The van der Waals surface area contributed by atoms with Crippen molar-refractivity contribution in [2.45, 2.75) is 32.1 Å². The van der Waals surface area contributed by atoms with E-state index in [-0.39, 0.29) is 5.92 Å². The average molecular weight is 353 g/mol. The Morgan fingerprint density at radius 1 is 1.19 bits per heavy atom. The molecule has 136 valence electrons. The zero-order chi connectivity index (χ0) is 17.9. The van der Waals surface area contributed by atoms with Crippen molar-refractivity contribution in [2.75, 3.05) is 20.3 Å². The van der Waals surface area contributed by atoms with Gasteiger partial charge in [0.15, 0.2) is 11.5 Å². The Bertz CT molecular complexity index is 812. The summed E-state index contributed by atoms with van der Waals surface area (Å²) in [4.78, 5) is 17.2. The van der Waals surface area contributed by atoms with Gasteiger partial charge in [0.05, 0.1) is 12.8 Å². The molecule has 0 amide bonds. The highest BCUT2D eigenvalue weighted by Crippen LogP contribution is 2.40. The van der Waals surface area contributed by atoms with E-state index in [4.69, 9.17) is 14.2 Å². The van der Waals surface area contributed by atoms with E-state index in [1.165, 1.54) is 0 Å². The van der Waals surface area contributed by atoms with E-state index >= 15 is 0 Å². The Morgan fingerprint density at radius 3 is 2.81 bits per heavy atom. The summed E-state index contributed by atoms with van der Waals surface area (Å²) in [7, 11) is 1.59. The van der Waals surface area contributed by atoms with Crippen LogP contribution in [0.25, 0.3) is 11.3 Å². The van der Waals surface area contributed by atoms with Crippen molar-refractivity contribution >= 4 is 5.78 Å². The van der Waals surface area contributed by atoms with Crippen molar-refractivity contribution in [2.24, 2.45) is 5.92 Å². The Morgan fingerprint density at radius 2 is 2.00 bits per heavy atom. The van der Waals surface area contributed by atoms with E-state index in [1.807, 2.05) is 30.3 Å². The lowest BCUT2D eigenvalue weighted by Gasteiger charge is -2.21. The number of Topliss-reactive ketones (excluding diaryl/α,β-unsaturated/α-hetero) is 1. The number of nitrogens with zero attached hydrogens (tertiary/aromatic N) is 1. The minimum Gasteiger partial charge on any atom is -0.486 e. The third-order valence-corrected chi connectivity index (χ3v) is 5.10. The van der Waals surface area contributed by atoms with Crippen molar-refractivity contribution in [3.05, 3.63) is 35.9 Å². The number of hydrogen-bond donors (Lipinski definition) is 0. The highest BCUT2D eigenvalue weighted by atomic mass is 16.6. The van der Waals surface area contributed by atoms with Crippen molar-refractivity contribution in [1.29, 1.82) is 0 Å². The number of ketones is 1. The first-order chi connectivity index (χ1) is 12.7. The summed E-state index contributed by atoms with van der Waals surface area (Å²) in [6, 6.07) is 9.58. The molecular formula is C21H23NO4. The fourth-order valence-electron chi connectivity index (χ4n) is 3.77. The Balaban J connectivity index is 1.67. The van der Waals surface area contributed by atoms with Crippen molar-refractivity contribution in [3.63, 3.8) is 0 Å². The second-order valence-electron chi connectivity index (χ2n) is 6.86. The maximum Gasteiger partial charge on any atom is 0.213 e. The van der Waals surface area contributed by atoms with E-state index in [0.29, 0.717) is 37.0 Å². The molecule has 1 aromatic heterocycles. The quantitative estimate of drug-likeness (QED) is 0.818. The van der Waals surface area contributed by atoms with Gasteiger partial charge in [0.25, 0.3) is 0 Å². The number of carbonyl (C=O) groups is 1. The van der Waals surface area contributed by atoms with Crippen molar-refractivity contribution in [1.82, 2.24) is 4.98 Å². The number of pyridine rings is 1. The largest absolute Gasteiger partial charge is 0.486 e. The molecule has 0 N–H and O–H groups in total. The number of aromatic nitrogens is 1. The number of ether oxygens (including phenoxy) is 3. The van der Waals surface area contributed by atoms with Crippen LogP contribution < -0.4 is 14.2 Å². The fourth-order valence-corrected chi connectivity index (χ4v) is 3.77. The molecule has 4 rings (SSSR count). The zero-order valence-electron chi connectivity index (χ0n) is 15.0. The van der Waals surface area contributed by atoms with E-state index in [0.717, 1.165) is 48.3 Å². The molecule has 5 nitrogen and oxygen atoms in total. The van der Waals surface area contributed by atoms with Gasteiger partial charge in [0.1, 0.15) is 19.0 Å². The Labute approximate surface area is 153 Å². The highest BCUT2D eigenvalue weighted by molar-refractivity contribution is 5.84. The molecule has 2 heterocycles. The number of para-hydroxylation sites is 1. The third kappa shape index (κ3) is 3.39. The van der Waals surface area contributed by atoms with Gasteiger partial charge >= 0.3 is 0 Å². The molecule has 1 saturated carbocycles. The summed E-state index contributed by atoms with van der Waals surface area (Å²) in [5.41, 5.74) is 2.52. The molecule has 0 saturated heterocycles. The van der Waals surface area contributed by atoms with E-state index in [1.54, 1.807) is 7.11 Å². The number of hydrogen-bond acceptors (Lipinski definition) is 5. The second-order valence-corrected chi connectivity index (χ2v) is 6.86. The maximum absolute atomic E-state index is 12.6. The molecular weight excluding hydrogens is 330 g/mol. The minimum atomic E-state index is 0.207. The number of carbonyl (C=O) groups excluding carboxylic acids is 1. The predicted molar refractivity (Wildman–Crippen MR) is 97.9 cm³/mol. The summed E-state index contributed by atoms with van der Waals surface area (Å²) in [6.45, 7) is 1.06. The van der Waals surface area contributed by atoms with Crippen LogP contribution in [0.15, 0.2) is 30.3 Å². The van der Waals surface area contributed by atoms with Gasteiger partial charge in [-0.2, -0.15) is 0 Å². The van der Waals surface area contributed by atoms with Crippen LogP contribution in [0.2, 0.25) is 0 Å². The predicted octanol–water partition coefficient (Wildman–Crippen LogP) is 3.83. The van der Waals surface area contributed by atoms with E-state index in [9.17, 15) is 4.79 Å². The lowest BCUT2D eigenvalue weighted by Crippen LogP contribution is -2.16. The van der Waals surface area contributed by atoms with Crippen LogP contribution in [0.5, 0.6) is 17.4 Å². The van der Waals surface area contributed by atoms with Gasteiger partial charge in [0, 0.05) is 24.0 Å². The molecule has 2 aliphatic rings. The van der Waals surface area contributed by atoms with Gasteiger partial charge in [-0.1, -0.05) is 18.9 Å². The van der Waals surface area contributed by atoms with Gasteiger partial charge in [-0.25, -0.2) is 4.98 Å². The monoisotopic (exact) mass is 353 g/mol. The van der Waals surface area contributed by atoms with Gasteiger partial charge in [-0.05, 0) is 36.6 Å². The van der Waals surface area contributed by atoms with Crippen LogP contribution in [0.1, 0.15) is 31.2 Å².